The zero-order valence-electron chi connectivity index (χ0n) is 16.0. The summed E-state index contributed by atoms with van der Waals surface area (Å²) in [7, 11) is 1.92. The zero-order valence-corrected chi connectivity index (χ0v) is 17.6. The van der Waals surface area contributed by atoms with Crippen molar-refractivity contribution in [2.75, 3.05) is 5.32 Å². The van der Waals surface area contributed by atoms with Crippen molar-refractivity contribution < 1.29 is 13.7 Å². The first-order chi connectivity index (χ1) is 14.4. The Bertz CT molecular complexity index is 1200. The van der Waals surface area contributed by atoms with Gasteiger partial charge in [-0.2, -0.15) is 0 Å². The number of imidazole rings is 1. The summed E-state index contributed by atoms with van der Waals surface area (Å²) in [6.07, 6.45) is 3.61. The number of aromatic nitrogens is 3. The van der Waals surface area contributed by atoms with Crippen LogP contribution in [-0.4, -0.2) is 20.6 Å². The maximum atomic E-state index is 14.3. The van der Waals surface area contributed by atoms with E-state index in [9.17, 15) is 9.18 Å². The summed E-state index contributed by atoms with van der Waals surface area (Å²) in [6.45, 7) is 1.59. The Kier molecular flexibility index (Phi) is 5.61. The number of hydrogen-bond donors (Lipinski definition) is 1. The van der Waals surface area contributed by atoms with Gasteiger partial charge in [-0.25, -0.2) is 9.37 Å². The van der Waals surface area contributed by atoms with Crippen molar-refractivity contribution in [1.29, 1.82) is 0 Å². The fourth-order valence-corrected chi connectivity index (χ4v) is 3.94. The molecule has 30 heavy (non-hydrogen) atoms. The molecule has 0 spiro atoms. The smallest absolute Gasteiger partial charge is 0.261 e. The van der Waals surface area contributed by atoms with Crippen LogP contribution in [0.25, 0.3) is 11.3 Å². The quantitative estimate of drug-likeness (QED) is 0.436. The summed E-state index contributed by atoms with van der Waals surface area (Å²) < 4.78 is 21.4. The Morgan fingerprint density at radius 2 is 2.00 bits per heavy atom. The first-order valence-corrected chi connectivity index (χ1v) is 10.1. The minimum atomic E-state index is -0.583. The molecule has 0 radical (unpaired) electrons. The van der Waals surface area contributed by atoms with Crippen molar-refractivity contribution >= 4 is 35.0 Å². The Labute approximate surface area is 181 Å². The van der Waals surface area contributed by atoms with E-state index in [4.69, 9.17) is 16.1 Å². The van der Waals surface area contributed by atoms with Crippen molar-refractivity contribution in [2.45, 2.75) is 17.0 Å². The molecule has 0 bridgehead atoms. The van der Waals surface area contributed by atoms with Gasteiger partial charge in [0, 0.05) is 30.0 Å². The van der Waals surface area contributed by atoms with Gasteiger partial charge >= 0.3 is 0 Å². The standard InChI is InChI=1S/C21H16ClFN4O2S/c1-12-17(19(26-29-12)18-15(22)4-3-5-16(18)23)20(28)25-13-6-8-14(9-7-13)30-21-24-10-11-27(21)2/h3-11H,1-2H3,(H,25,28). The molecule has 0 saturated heterocycles. The van der Waals surface area contributed by atoms with E-state index in [0.29, 0.717) is 5.69 Å². The number of nitrogens with one attached hydrogen (secondary N) is 1. The molecule has 4 rings (SSSR count). The SMILES string of the molecule is Cc1onc(-c2c(F)cccc2Cl)c1C(=O)Nc1ccc(Sc2nccn2C)cc1. The highest BCUT2D eigenvalue weighted by Crippen LogP contribution is 2.34. The summed E-state index contributed by atoms with van der Waals surface area (Å²) in [4.78, 5) is 18.2. The van der Waals surface area contributed by atoms with Crippen molar-refractivity contribution in [2.24, 2.45) is 7.05 Å². The van der Waals surface area contributed by atoms with Crippen LogP contribution in [0.4, 0.5) is 10.1 Å². The molecule has 2 heterocycles. The van der Waals surface area contributed by atoms with Gasteiger partial charge in [-0.15, -0.1) is 0 Å². The van der Waals surface area contributed by atoms with Crippen LogP contribution in [0.15, 0.2) is 69.4 Å². The lowest BCUT2D eigenvalue weighted by Crippen LogP contribution is -2.13. The highest BCUT2D eigenvalue weighted by atomic mass is 35.5. The molecule has 0 aliphatic rings. The monoisotopic (exact) mass is 442 g/mol. The van der Waals surface area contributed by atoms with Crippen LogP contribution in [0, 0.1) is 12.7 Å². The number of nitrogens with zero attached hydrogens (tertiary/aromatic N) is 3. The second-order valence-corrected chi connectivity index (χ2v) is 7.91. The van der Waals surface area contributed by atoms with E-state index < -0.39 is 11.7 Å². The van der Waals surface area contributed by atoms with Gasteiger partial charge in [0.05, 0.1) is 10.6 Å². The predicted octanol–water partition coefficient (Wildman–Crippen LogP) is 5.58. The number of hydrogen-bond acceptors (Lipinski definition) is 5. The molecule has 0 saturated carbocycles. The Morgan fingerprint density at radius 3 is 2.67 bits per heavy atom. The molecule has 0 aliphatic heterocycles. The van der Waals surface area contributed by atoms with Crippen molar-refractivity contribution in [3.05, 3.63) is 77.0 Å². The molecule has 4 aromatic rings. The second-order valence-electron chi connectivity index (χ2n) is 6.46. The van der Waals surface area contributed by atoms with Crippen molar-refractivity contribution in [3.8, 4) is 11.3 Å². The topological polar surface area (TPSA) is 73.0 Å². The number of carbonyl (C=O) groups excluding carboxylic acids is 1. The molecule has 0 atom stereocenters. The number of anilines is 1. The van der Waals surface area contributed by atoms with Crippen LogP contribution >= 0.6 is 23.4 Å². The third kappa shape index (κ3) is 3.96. The number of amides is 1. The summed E-state index contributed by atoms with van der Waals surface area (Å²) in [5, 5.41) is 7.66. The van der Waals surface area contributed by atoms with Gasteiger partial charge in [0.15, 0.2) is 5.16 Å². The highest BCUT2D eigenvalue weighted by Gasteiger charge is 2.25. The third-order valence-corrected chi connectivity index (χ3v) is 5.79. The van der Waals surface area contributed by atoms with E-state index in [1.807, 2.05) is 29.9 Å². The molecule has 2 aromatic heterocycles. The van der Waals surface area contributed by atoms with E-state index in [1.165, 1.54) is 30.0 Å². The predicted molar refractivity (Wildman–Crippen MR) is 113 cm³/mol. The van der Waals surface area contributed by atoms with Crippen LogP contribution < -0.4 is 5.32 Å². The van der Waals surface area contributed by atoms with E-state index in [-0.39, 0.29) is 27.6 Å². The van der Waals surface area contributed by atoms with Gasteiger partial charge in [-0.05, 0) is 43.3 Å². The number of halogens is 2. The molecule has 6 nitrogen and oxygen atoms in total. The van der Waals surface area contributed by atoms with Gasteiger partial charge in [0.1, 0.15) is 22.8 Å². The lowest BCUT2D eigenvalue weighted by atomic mass is 10.0. The number of benzene rings is 2. The zero-order chi connectivity index (χ0) is 21.3. The van der Waals surface area contributed by atoms with E-state index in [2.05, 4.69) is 15.5 Å². The average molecular weight is 443 g/mol. The van der Waals surface area contributed by atoms with Crippen LogP contribution in [0.5, 0.6) is 0 Å². The fourth-order valence-electron chi connectivity index (χ4n) is 2.89. The number of aryl methyl sites for hydroxylation is 2. The molecule has 2 aromatic carbocycles. The summed E-state index contributed by atoms with van der Waals surface area (Å²) in [6, 6.07) is 11.6. The maximum Gasteiger partial charge on any atom is 0.261 e. The van der Waals surface area contributed by atoms with Gasteiger partial charge in [-0.3, -0.25) is 4.79 Å². The third-order valence-electron chi connectivity index (χ3n) is 4.39. The minimum Gasteiger partial charge on any atom is -0.360 e. The van der Waals surface area contributed by atoms with Crippen LogP contribution in [0.2, 0.25) is 5.02 Å². The fraction of sp³-hybridized carbons (Fsp3) is 0.0952. The van der Waals surface area contributed by atoms with Crippen LogP contribution in [0.1, 0.15) is 16.1 Å². The normalized spacial score (nSPS) is 10.9. The van der Waals surface area contributed by atoms with Gasteiger partial charge in [0.25, 0.3) is 5.91 Å². The van der Waals surface area contributed by atoms with Crippen molar-refractivity contribution in [1.82, 2.24) is 14.7 Å². The highest BCUT2D eigenvalue weighted by molar-refractivity contribution is 7.99. The van der Waals surface area contributed by atoms with Gasteiger partial charge in [-0.1, -0.05) is 34.6 Å². The van der Waals surface area contributed by atoms with Crippen LogP contribution in [0.3, 0.4) is 0 Å². The lowest BCUT2D eigenvalue weighted by Gasteiger charge is -2.08. The van der Waals surface area contributed by atoms with Crippen LogP contribution in [-0.2, 0) is 7.05 Å². The molecular formula is C21H16ClFN4O2S. The first-order valence-electron chi connectivity index (χ1n) is 8.91. The van der Waals surface area contributed by atoms with Crippen molar-refractivity contribution in [3.63, 3.8) is 0 Å². The molecule has 152 valence electrons. The Balaban J connectivity index is 1.56. The second kappa shape index (κ2) is 8.33. The molecule has 0 aliphatic carbocycles. The largest absolute Gasteiger partial charge is 0.360 e. The Hall–Kier alpha value is -3.10. The lowest BCUT2D eigenvalue weighted by molar-refractivity contribution is 0.102. The summed E-state index contributed by atoms with van der Waals surface area (Å²) >= 11 is 7.64. The molecular weight excluding hydrogens is 427 g/mol. The minimum absolute atomic E-state index is 0.0305. The molecule has 9 heteroatoms. The average Bonchev–Trinajstić information content (AvgIpc) is 3.29. The molecule has 0 unspecified atom stereocenters. The Morgan fingerprint density at radius 1 is 1.23 bits per heavy atom. The van der Waals surface area contributed by atoms with E-state index in [1.54, 1.807) is 25.3 Å². The molecule has 1 N–H and O–H groups in total. The van der Waals surface area contributed by atoms with E-state index in [0.717, 1.165) is 10.1 Å². The van der Waals surface area contributed by atoms with Gasteiger partial charge in [0.2, 0.25) is 0 Å². The number of carbonyl (C=O) groups is 1. The molecule has 1 amide bonds. The van der Waals surface area contributed by atoms with Gasteiger partial charge < -0.3 is 14.4 Å². The van der Waals surface area contributed by atoms with E-state index >= 15 is 0 Å². The number of rotatable bonds is 5. The maximum absolute atomic E-state index is 14.3. The molecule has 0 fully saturated rings. The summed E-state index contributed by atoms with van der Waals surface area (Å²) in [5.74, 6) is -0.781. The first kappa shape index (κ1) is 20.2. The summed E-state index contributed by atoms with van der Waals surface area (Å²) in [5.41, 5.74) is 0.807.